The quantitative estimate of drug-likeness (QED) is 0.789. The number of aliphatic carboxylic acids is 1. The summed E-state index contributed by atoms with van der Waals surface area (Å²) in [6.45, 7) is 6.10. The number of halogens is 1. The lowest BCUT2D eigenvalue weighted by atomic mass is 10.1. The molecule has 1 aliphatic heterocycles. The minimum atomic E-state index is -1.09. The Hall–Kier alpha value is -1.99. The van der Waals surface area contributed by atoms with Crippen molar-refractivity contribution in [1.29, 1.82) is 0 Å². The molecule has 1 aromatic carbocycles. The van der Waals surface area contributed by atoms with Gasteiger partial charge in [0.05, 0.1) is 18.2 Å². The van der Waals surface area contributed by atoms with Gasteiger partial charge in [-0.05, 0) is 31.5 Å². The molecule has 1 N–H and O–H groups in total. The van der Waals surface area contributed by atoms with E-state index >= 15 is 0 Å². The third-order valence-electron chi connectivity index (χ3n) is 4.27. The second kappa shape index (κ2) is 8.40. The van der Waals surface area contributed by atoms with Gasteiger partial charge in [-0.25, -0.2) is 4.79 Å². The molecule has 0 spiro atoms. The lowest BCUT2D eigenvalue weighted by molar-refractivity contribution is -0.141. The fraction of sp³-hybridized carbons (Fsp3) is 0.529. The highest BCUT2D eigenvalue weighted by Gasteiger charge is 2.30. The van der Waals surface area contributed by atoms with Crippen LogP contribution in [0.15, 0.2) is 12.1 Å². The summed E-state index contributed by atoms with van der Waals surface area (Å²) in [5.74, 6) is -0.401. The second-order valence-electron chi connectivity index (χ2n) is 5.86. The van der Waals surface area contributed by atoms with E-state index in [-0.39, 0.29) is 22.7 Å². The average Bonchev–Trinajstić information content (AvgIpc) is 2.57. The number of likely N-dealkylation sites (N-methyl/N-ethyl adjacent to an activating group) is 1. The number of carboxylic acid groups (broad SMARTS) is 1. The van der Waals surface area contributed by atoms with E-state index in [1.54, 1.807) is 12.1 Å². The summed E-state index contributed by atoms with van der Waals surface area (Å²) in [5.41, 5.74) is 0.870. The number of hydrogen-bond donors (Lipinski definition) is 1. The van der Waals surface area contributed by atoms with E-state index in [0.717, 1.165) is 12.1 Å². The van der Waals surface area contributed by atoms with Crippen molar-refractivity contribution in [2.24, 2.45) is 0 Å². The maximum Gasteiger partial charge on any atom is 0.341 e. The molecular formula is C17H23ClN2O5. The molecule has 1 heterocycles. The van der Waals surface area contributed by atoms with Crippen LogP contribution in [0, 0.1) is 0 Å². The van der Waals surface area contributed by atoms with Crippen molar-refractivity contribution in [1.82, 2.24) is 9.80 Å². The third-order valence-corrected chi connectivity index (χ3v) is 4.55. The van der Waals surface area contributed by atoms with Crippen molar-refractivity contribution >= 4 is 23.5 Å². The van der Waals surface area contributed by atoms with E-state index in [1.807, 2.05) is 18.7 Å². The van der Waals surface area contributed by atoms with Gasteiger partial charge in [-0.3, -0.25) is 9.69 Å². The molecule has 0 saturated carbocycles. The molecule has 8 heteroatoms. The number of ether oxygens (including phenoxy) is 2. The fourth-order valence-corrected chi connectivity index (χ4v) is 3.16. The molecule has 1 amide bonds. The highest BCUT2D eigenvalue weighted by Crippen LogP contribution is 2.37. The van der Waals surface area contributed by atoms with Gasteiger partial charge in [0, 0.05) is 26.2 Å². The SMILES string of the molecule is CCN1CCN(Cc2cc(Cl)c(OCC(=O)O)c(OC)c2)C(C)C1=O. The molecule has 1 fully saturated rings. The molecule has 1 aromatic rings. The van der Waals surface area contributed by atoms with E-state index in [2.05, 4.69) is 4.90 Å². The summed E-state index contributed by atoms with van der Waals surface area (Å²) in [6, 6.07) is 3.26. The number of benzene rings is 1. The first-order valence-corrected chi connectivity index (χ1v) is 8.49. The van der Waals surface area contributed by atoms with Crippen molar-refractivity contribution < 1.29 is 24.2 Å². The monoisotopic (exact) mass is 370 g/mol. The number of carbonyl (C=O) groups excluding carboxylic acids is 1. The number of rotatable bonds is 7. The van der Waals surface area contributed by atoms with Gasteiger partial charge in [-0.15, -0.1) is 0 Å². The van der Waals surface area contributed by atoms with Gasteiger partial charge in [-0.2, -0.15) is 0 Å². The summed E-state index contributed by atoms with van der Waals surface area (Å²) < 4.78 is 10.5. The molecule has 0 aromatic heterocycles. The zero-order valence-electron chi connectivity index (χ0n) is 14.6. The minimum absolute atomic E-state index is 0.119. The van der Waals surface area contributed by atoms with Crippen LogP contribution < -0.4 is 9.47 Å². The van der Waals surface area contributed by atoms with Crippen molar-refractivity contribution in [3.8, 4) is 11.5 Å². The summed E-state index contributed by atoms with van der Waals surface area (Å²) in [4.78, 5) is 26.9. The minimum Gasteiger partial charge on any atom is -0.493 e. The number of hydrogen-bond acceptors (Lipinski definition) is 5. The van der Waals surface area contributed by atoms with Gasteiger partial charge >= 0.3 is 5.97 Å². The van der Waals surface area contributed by atoms with Gasteiger partial charge in [0.1, 0.15) is 0 Å². The number of piperazine rings is 1. The number of carboxylic acids is 1. The Kier molecular flexibility index (Phi) is 6.50. The molecule has 2 rings (SSSR count). The van der Waals surface area contributed by atoms with Crippen molar-refractivity contribution in [2.45, 2.75) is 26.4 Å². The molecule has 0 bridgehead atoms. The van der Waals surface area contributed by atoms with Crippen LogP contribution >= 0.6 is 11.6 Å². The van der Waals surface area contributed by atoms with Crippen LogP contribution in [0.1, 0.15) is 19.4 Å². The van der Waals surface area contributed by atoms with Crippen LogP contribution in [0.4, 0.5) is 0 Å². The van der Waals surface area contributed by atoms with Gasteiger partial charge < -0.3 is 19.5 Å². The smallest absolute Gasteiger partial charge is 0.341 e. The maximum atomic E-state index is 12.3. The van der Waals surface area contributed by atoms with Crippen LogP contribution in [0.3, 0.4) is 0 Å². The lowest BCUT2D eigenvalue weighted by Crippen LogP contribution is -2.55. The number of carbonyl (C=O) groups is 2. The zero-order chi connectivity index (χ0) is 18.6. The van der Waals surface area contributed by atoms with E-state index in [4.69, 9.17) is 26.2 Å². The first-order chi connectivity index (χ1) is 11.9. The Morgan fingerprint density at radius 2 is 2.12 bits per heavy atom. The van der Waals surface area contributed by atoms with Gasteiger partial charge in [0.2, 0.25) is 5.91 Å². The van der Waals surface area contributed by atoms with Crippen LogP contribution in [-0.2, 0) is 16.1 Å². The van der Waals surface area contributed by atoms with E-state index < -0.39 is 12.6 Å². The number of methoxy groups -OCH3 is 1. The highest BCUT2D eigenvalue weighted by molar-refractivity contribution is 6.32. The predicted molar refractivity (Wildman–Crippen MR) is 93.3 cm³/mol. The molecule has 138 valence electrons. The summed E-state index contributed by atoms with van der Waals surface area (Å²) in [7, 11) is 1.47. The number of nitrogens with zero attached hydrogens (tertiary/aromatic N) is 2. The third kappa shape index (κ3) is 4.55. The highest BCUT2D eigenvalue weighted by atomic mass is 35.5. The maximum absolute atomic E-state index is 12.3. The summed E-state index contributed by atoms with van der Waals surface area (Å²) >= 11 is 6.23. The predicted octanol–water partition coefficient (Wildman–Crippen LogP) is 1.86. The molecule has 7 nitrogen and oxygen atoms in total. The van der Waals surface area contributed by atoms with E-state index in [9.17, 15) is 9.59 Å². The van der Waals surface area contributed by atoms with Crippen molar-refractivity contribution in [3.05, 3.63) is 22.7 Å². The Balaban J connectivity index is 2.16. The molecule has 1 aliphatic rings. The normalized spacial score (nSPS) is 18.3. The Bertz CT molecular complexity index is 652. The molecule has 1 atom stereocenters. The Labute approximate surface area is 152 Å². The molecule has 25 heavy (non-hydrogen) atoms. The van der Waals surface area contributed by atoms with Gasteiger partial charge in [-0.1, -0.05) is 11.6 Å². The second-order valence-corrected chi connectivity index (χ2v) is 6.26. The van der Waals surface area contributed by atoms with E-state index in [1.165, 1.54) is 7.11 Å². The Morgan fingerprint density at radius 3 is 2.72 bits per heavy atom. The number of amides is 1. The average molecular weight is 371 g/mol. The standard InChI is InChI=1S/C17H23ClN2O5/c1-4-19-5-6-20(11(2)17(19)23)9-12-7-13(18)16(14(8-12)24-3)25-10-15(21)22/h7-8,11H,4-6,9-10H2,1-3H3,(H,21,22). The molecule has 1 unspecified atom stereocenters. The first kappa shape index (κ1) is 19.3. The topological polar surface area (TPSA) is 79.3 Å². The molecular weight excluding hydrogens is 348 g/mol. The van der Waals surface area contributed by atoms with Crippen LogP contribution in [-0.4, -0.2) is 66.2 Å². The summed E-state index contributed by atoms with van der Waals surface area (Å²) in [5, 5.41) is 9.02. The molecule has 0 radical (unpaired) electrons. The Morgan fingerprint density at radius 1 is 1.40 bits per heavy atom. The van der Waals surface area contributed by atoms with Crippen molar-refractivity contribution in [2.75, 3.05) is 33.4 Å². The van der Waals surface area contributed by atoms with Crippen LogP contribution in [0.2, 0.25) is 5.02 Å². The summed E-state index contributed by atoms with van der Waals surface area (Å²) in [6.07, 6.45) is 0. The first-order valence-electron chi connectivity index (χ1n) is 8.11. The lowest BCUT2D eigenvalue weighted by Gasteiger charge is -2.38. The molecule has 1 saturated heterocycles. The zero-order valence-corrected chi connectivity index (χ0v) is 15.4. The van der Waals surface area contributed by atoms with Crippen LogP contribution in [0.5, 0.6) is 11.5 Å². The van der Waals surface area contributed by atoms with E-state index in [0.29, 0.717) is 25.4 Å². The van der Waals surface area contributed by atoms with Gasteiger partial charge in [0.15, 0.2) is 18.1 Å². The van der Waals surface area contributed by atoms with Crippen molar-refractivity contribution in [3.63, 3.8) is 0 Å². The van der Waals surface area contributed by atoms with Gasteiger partial charge in [0.25, 0.3) is 0 Å². The van der Waals surface area contributed by atoms with Crippen LogP contribution in [0.25, 0.3) is 0 Å². The largest absolute Gasteiger partial charge is 0.493 e. The molecule has 0 aliphatic carbocycles. The fourth-order valence-electron chi connectivity index (χ4n) is 2.88.